The van der Waals surface area contributed by atoms with Gasteiger partial charge in [-0.1, -0.05) is 17.3 Å². The van der Waals surface area contributed by atoms with Crippen molar-refractivity contribution < 1.29 is 4.52 Å². The summed E-state index contributed by atoms with van der Waals surface area (Å²) in [5.41, 5.74) is 2.50. The molecule has 0 atom stereocenters. The SMILES string of the molecule is CNCc1ccc2ccn(Cc3ccno3)c2c1. The third kappa shape index (κ3) is 2.02. The van der Waals surface area contributed by atoms with Crippen LogP contribution >= 0.6 is 0 Å². The minimum atomic E-state index is 0.715. The maximum absolute atomic E-state index is 5.15. The normalized spacial score (nSPS) is 11.2. The molecule has 1 aromatic carbocycles. The fraction of sp³-hybridized carbons (Fsp3) is 0.214. The monoisotopic (exact) mass is 241 g/mol. The van der Waals surface area contributed by atoms with Gasteiger partial charge in [-0.2, -0.15) is 0 Å². The van der Waals surface area contributed by atoms with Gasteiger partial charge in [-0.05, 0) is 30.1 Å². The van der Waals surface area contributed by atoms with Crippen LogP contribution in [0.15, 0.2) is 47.2 Å². The van der Waals surface area contributed by atoms with Crippen LogP contribution in [0.5, 0.6) is 0 Å². The molecular weight excluding hydrogens is 226 g/mol. The van der Waals surface area contributed by atoms with Crippen molar-refractivity contribution in [3.63, 3.8) is 0 Å². The number of nitrogens with one attached hydrogen (secondary N) is 1. The molecule has 0 saturated carbocycles. The van der Waals surface area contributed by atoms with Gasteiger partial charge < -0.3 is 14.4 Å². The standard InChI is InChI=1S/C14H15N3O/c1-15-9-11-2-3-12-5-7-17(14(12)8-11)10-13-4-6-16-18-13/h2-8,15H,9-10H2,1H3. The van der Waals surface area contributed by atoms with Gasteiger partial charge in [0.2, 0.25) is 0 Å². The zero-order chi connectivity index (χ0) is 12.4. The number of nitrogens with zero attached hydrogens (tertiary/aromatic N) is 2. The lowest BCUT2D eigenvalue weighted by Crippen LogP contribution is -2.05. The minimum absolute atomic E-state index is 0.715. The van der Waals surface area contributed by atoms with Gasteiger partial charge in [0.1, 0.15) is 0 Å². The molecule has 1 N–H and O–H groups in total. The fourth-order valence-corrected chi connectivity index (χ4v) is 2.17. The maximum Gasteiger partial charge on any atom is 0.156 e. The van der Waals surface area contributed by atoms with Gasteiger partial charge in [-0.15, -0.1) is 0 Å². The third-order valence-electron chi connectivity index (χ3n) is 3.04. The zero-order valence-corrected chi connectivity index (χ0v) is 10.3. The third-order valence-corrected chi connectivity index (χ3v) is 3.04. The van der Waals surface area contributed by atoms with E-state index in [0.717, 1.165) is 12.3 Å². The summed E-state index contributed by atoms with van der Waals surface area (Å²) < 4.78 is 7.33. The molecule has 0 fully saturated rings. The highest BCUT2D eigenvalue weighted by molar-refractivity contribution is 5.80. The van der Waals surface area contributed by atoms with Crippen LogP contribution in [0.4, 0.5) is 0 Å². The molecule has 0 aliphatic carbocycles. The quantitative estimate of drug-likeness (QED) is 0.762. The van der Waals surface area contributed by atoms with E-state index in [9.17, 15) is 0 Å². The molecule has 0 aliphatic rings. The molecule has 4 nitrogen and oxygen atoms in total. The summed E-state index contributed by atoms with van der Waals surface area (Å²) in [5, 5.41) is 8.14. The molecule has 0 radical (unpaired) electrons. The van der Waals surface area contributed by atoms with Crippen LogP contribution in [0.3, 0.4) is 0 Å². The average molecular weight is 241 g/mol. The summed E-state index contributed by atoms with van der Waals surface area (Å²) in [7, 11) is 1.96. The smallest absolute Gasteiger partial charge is 0.156 e. The molecule has 4 heteroatoms. The van der Waals surface area contributed by atoms with Crippen LogP contribution in [-0.2, 0) is 13.1 Å². The van der Waals surface area contributed by atoms with Crippen molar-refractivity contribution in [3.8, 4) is 0 Å². The molecule has 0 bridgehead atoms. The van der Waals surface area contributed by atoms with Crippen molar-refractivity contribution in [1.29, 1.82) is 0 Å². The van der Waals surface area contributed by atoms with Crippen molar-refractivity contribution in [3.05, 3.63) is 54.0 Å². The van der Waals surface area contributed by atoms with Crippen LogP contribution in [0.1, 0.15) is 11.3 Å². The molecule has 0 spiro atoms. The van der Waals surface area contributed by atoms with Gasteiger partial charge in [-0.25, -0.2) is 0 Å². The molecule has 0 amide bonds. The van der Waals surface area contributed by atoms with E-state index in [-0.39, 0.29) is 0 Å². The average Bonchev–Trinajstić information content (AvgIpc) is 3.01. The van der Waals surface area contributed by atoms with Crippen LogP contribution in [0, 0.1) is 0 Å². The Kier molecular flexibility index (Phi) is 2.86. The Labute approximate surface area is 105 Å². The van der Waals surface area contributed by atoms with E-state index in [4.69, 9.17) is 4.52 Å². The second-order valence-electron chi connectivity index (χ2n) is 4.35. The van der Waals surface area contributed by atoms with Gasteiger partial charge in [0.15, 0.2) is 5.76 Å². The minimum Gasteiger partial charge on any atom is -0.359 e. The first-order chi connectivity index (χ1) is 8.86. The van der Waals surface area contributed by atoms with Gasteiger partial charge >= 0.3 is 0 Å². The number of hydrogen-bond donors (Lipinski definition) is 1. The van der Waals surface area contributed by atoms with Crippen LogP contribution in [0.25, 0.3) is 10.9 Å². The Morgan fingerprint density at radius 2 is 2.22 bits per heavy atom. The van der Waals surface area contributed by atoms with E-state index >= 15 is 0 Å². The largest absolute Gasteiger partial charge is 0.359 e. The van der Waals surface area contributed by atoms with E-state index in [2.05, 4.69) is 45.5 Å². The van der Waals surface area contributed by atoms with Crippen molar-refractivity contribution in [2.24, 2.45) is 0 Å². The molecule has 0 saturated heterocycles. The molecule has 18 heavy (non-hydrogen) atoms. The number of fused-ring (bicyclic) bond motifs is 1. The van der Waals surface area contributed by atoms with Crippen molar-refractivity contribution in [2.75, 3.05) is 7.05 Å². The van der Waals surface area contributed by atoms with Crippen LogP contribution < -0.4 is 5.32 Å². The summed E-state index contributed by atoms with van der Waals surface area (Å²) in [6.07, 6.45) is 3.75. The predicted molar refractivity (Wildman–Crippen MR) is 70.3 cm³/mol. The highest BCUT2D eigenvalue weighted by Gasteiger charge is 2.04. The Balaban J connectivity index is 1.98. The number of hydrogen-bond acceptors (Lipinski definition) is 3. The lowest BCUT2D eigenvalue weighted by Gasteiger charge is -2.05. The molecule has 2 aromatic heterocycles. The summed E-state index contributed by atoms with van der Waals surface area (Å²) in [6.45, 7) is 1.59. The van der Waals surface area contributed by atoms with E-state index in [1.807, 2.05) is 13.1 Å². The molecule has 2 heterocycles. The Hall–Kier alpha value is -2.07. The Morgan fingerprint density at radius 3 is 3.00 bits per heavy atom. The van der Waals surface area contributed by atoms with Gasteiger partial charge in [0.25, 0.3) is 0 Å². The molecule has 3 aromatic rings. The van der Waals surface area contributed by atoms with E-state index in [1.54, 1.807) is 6.20 Å². The summed E-state index contributed by atoms with van der Waals surface area (Å²) in [5.74, 6) is 0.867. The highest BCUT2D eigenvalue weighted by Crippen LogP contribution is 2.19. The van der Waals surface area contributed by atoms with Gasteiger partial charge in [-0.3, -0.25) is 0 Å². The Bertz CT molecular complexity index is 640. The van der Waals surface area contributed by atoms with E-state index in [1.165, 1.54) is 16.5 Å². The van der Waals surface area contributed by atoms with Gasteiger partial charge in [0, 0.05) is 24.3 Å². The highest BCUT2D eigenvalue weighted by atomic mass is 16.5. The predicted octanol–water partition coefficient (Wildman–Crippen LogP) is 2.40. The number of aromatic nitrogens is 2. The maximum atomic E-state index is 5.15. The Morgan fingerprint density at radius 1 is 1.28 bits per heavy atom. The second-order valence-corrected chi connectivity index (χ2v) is 4.35. The molecule has 92 valence electrons. The first kappa shape index (κ1) is 11.0. The lowest BCUT2D eigenvalue weighted by molar-refractivity contribution is 0.378. The topological polar surface area (TPSA) is 43.0 Å². The summed E-state index contributed by atoms with van der Waals surface area (Å²) in [4.78, 5) is 0. The number of rotatable bonds is 4. The fourth-order valence-electron chi connectivity index (χ4n) is 2.17. The van der Waals surface area contributed by atoms with Crippen molar-refractivity contribution >= 4 is 10.9 Å². The molecule has 3 rings (SSSR count). The van der Waals surface area contributed by atoms with Crippen LogP contribution in [-0.4, -0.2) is 16.8 Å². The van der Waals surface area contributed by atoms with Crippen LogP contribution in [0.2, 0.25) is 0 Å². The first-order valence-corrected chi connectivity index (χ1v) is 5.99. The summed E-state index contributed by atoms with van der Waals surface area (Å²) >= 11 is 0. The van der Waals surface area contributed by atoms with E-state index < -0.39 is 0 Å². The van der Waals surface area contributed by atoms with Gasteiger partial charge in [0.05, 0.1) is 12.7 Å². The molecular formula is C14H15N3O. The van der Waals surface area contributed by atoms with Crippen molar-refractivity contribution in [2.45, 2.75) is 13.1 Å². The van der Waals surface area contributed by atoms with Crippen molar-refractivity contribution in [1.82, 2.24) is 15.0 Å². The van der Waals surface area contributed by atoms with E-state index in [0.29, 0.717) is 6.54 Å². The second kappa shape index (κ2) is 4.66. The zero-order valence-electron chi connectivity index (χ0n) is 10.3. The lowest BCUT2D eigenvalue weighted by atomic mass is 10.1. The first-order valence-electron chi connectivity index (χ1n) is 5.99. The number of benzene rings is 1. The molecule has 0 aliphatic heterocycles. The molecule has 0 unspecified atom stereocenters. The summed E-state index contributed by atoms with van der Waals surface area (Å²) in [6, 6.07) is 10.5.